The number of hydrogen-bond acceptors (Lipinski definition) is 3. The highest BCUT2D eigenvalue weighted by molar-refractivity contribution is 5.85. The van der Waals surface area contributed by atoms with Crippen LogP contribution in [0.2, 0.25) is 0 Å². The van der Waals surface area contributed by atoms with Gasteiger partial charge in [0.25, 0.3) is 0 Å². The zero-order chi connectivity index (χ0) is 23.9. The zero-order valence-corrected chi connectivity index (χ0v) is 22.0. The van der Waals surface area contributed by atoms with Gasteiger partial charge in [0.05, 0.1) is 0 Å². The molecule has 0 saturated carbocycles. The van der Waals surface area contributed by atoms with E-state index in [1.807, 2.05) is 0 Å². The molecule has 0 aliphatic heterocycles. The van der Waals surface area contributed by atoms with E-state index in [2.05, 4.69) is 67.5 Å². The Morgan fingerprint density at radius 3 is 1.81 bits per heavy atom. The van der Waals surface area contributed by atoms with Crippen LogP contribution in [0.3, 0.4) is 0 Å². The molecule has 0 aromatic carbocycles. The molecule has 0 aromatic rings. The second kappa shape index (κ2) is 15.6. The van der Waals surface area contributed by atoms with Gasteiger partial charge >= 0.3 is 11.9 Å². The van der Waals surface area contributed by atoms with Crippen LogP contribution in [0, 0.1) is 22.7 Å². The van der Waals surface area contributed by atoms with E-state index in [1.54, 1.807) is 0 Å². The topological polar surface area (TPSA) is 43.4 Å². The van der Waals surface area contributed by atoms with Crippen LogP contribution in [0.1, 0.15) is 132 Å². The summed E-state index contributed by atoms with van der Waals surface area (Å²) in [5.74, 6) is 0.684. The van der Waals surface area contributed by atoms with Crippen LogP contribution in [-0.2, 0) is 14.3 Å². The third kappa shape index (κ3) is 21.9. The first-order valence-corrected chi connectivity index (χ1v) is 12.7. The summed E-state index contributed by atoms with van der Waals surface area (Å²) in [5, 5.41) is 0. The lowest BCUT2D eigenvalue weighted by molar-refractivity contribution is -0.159. The predicted octanol–water partition coefficient (Wildman–Crippen LogP) is 8.66. The van der Waals surface area contributed by atoms with Crippen LogP contribution in [-0.4, -0.2) is 11.9 Å². The number of allylic oxidation sites excluding steroid dienone is 2. The third-order valence-electron chi connectivity index (χ3n) is 5.43. The van der Waals surface area contributed by atoms with Crippen LogP contribution in [0.4, 0.5) is 0 Å². The Morgan fingerprint density at radius 2 is 1.23 bits per heavy atom. The first-order chi connectivity index (χ1) is 14.3. The molecular weight excluding hydrogens is 384 g/mol. The maximum absolute atomic E-state index is 11.8. The fraction of sp³-hybridized carbons (Fsp3) is 0.857. The van der Waals surface area contributed by atoms with E-state index in [9.17, 15) is 9.59 Å². The van der Waals surface area contributed by atoms with E-state index in [0.29, 0.717) is 29.6 Å². The van der Waals surface area contributed by atoms with Crippen molar-refractivity contribution in [2.45, 2.75) is 132 Å². The Bertz CT molecular complexity index is 519. The molecule has 0 heterocycles. The second-order valence-corrected chi connectivity index (χ2v) is 12.1. The quantitative estimate of drug-likeness (QED) is 0.112. The molecule has 0 N–H and O–H groups in total. The van der Waals surface area contributed by atoms with Gasteiger partial charge in [-0.25, -0.2) is 0 Å². The molecule has 0 rings (SSSR count). The fourth-order valence-electron chi connectivity index (χ4n) is 4.43. The number of carbonyl (C=O) groups is 2. The van der Waals surface area contributed by atoms with Gasteiger partial charge in [-0.15, -0.1) is 0 Å². The van der Waals surface area contributed by atoms with Gasteiger partial charge in [0.15, 0.2) is 0 Å². The van der Waals surface area contributed by atoms with E-state index < -0.39 is 0 Å². The smallest absolute Gasteiger partial charge is 0.313 e. The molecule has 0 spiro atoms. The van der Waals surface area contributed by atoms with Crippen LogP contribution in [0.25, 0.3) is 0 Å². The largest absolute Gasteiger partial charge is 0.393 e. The molecule has 0 aliphatic carbocycles. The van der Waals surface area contributed by atoms with Crippen molar-refractivity contribution in [2.75, 3.05) is 0 Å². The molecule has 0 amide bonds. The van der Waals surface area contributed by atoms with E-state index in [4.69, 9.17) is 4.74 Å². The summed E-state index contributed by atoms with van der Waals surface area (Å²) < 4.78 is 4.95. The summed E-state index contributed by atoms with van der Waals surface area (Å²) in [7, 11) is 0. The number of esters is 2. The van der Waals surface area contributed by atoms with Crippen molar-refractivity contribution in [1.29, 1.82) is 0 Å². The Morgan fingerprint density at radius 1 is 0.710 bits per heavy atom. The molecule has 2 atom stereocenters. The van der Waals surface area contributed by atoms with Gasteiger partial charge < -0.3 is 4.74 Å². The standard InChI is InChI=1S/C28H52O3/c1-23(21-27(3,4)5)17-13-9-11-15-19-25(29)31-26(30)20-16-12-10-14-18-24(2)22-28(6,7)8/h9,13,23-24H,10-12,14-22H2,1-8H3. The third-order valence-corrected chi connectivity index (χ3v) is 5.43. The molecule has 0 radical (unpaired) electrons. The SMILES string of the molecule is CC(CC=CCCCC(=O)OC(=O)CCCCCCC(C)CC(C)(C)C)CC(C)(C)C. The predicted molar refractivity (Wildman–Crippen MR) is 133 cm³/mol. The average molecular weight is 437 g/mol. The second-order valence-electron chi connectivity index (χ2n) is 12.1. The summed E-state index contributed by atoms with van der Waals surface area (Å²) in [6.07, 6.45) is 15.7. The van der Waals surface area contributed by atoms with Gasteiger partial charge in [0, 0.05) is 12.8 Å². The molecule has 0 aromatic heterocycles. The fourth-order valence-corrected chi connectivity index (χ4v) is 4.43. The van der Waals surface area contributed by atoms with Crippen molar-refractivity contribution in [2.24, 2.45) is 22.7 Å². The van der Waals surface area contributed by atoms with Gasteiger partial charge in [0.1, 0.15) is 0 Å². The van der Waals surface area contributed by atoms with Crippen molar-refractivity contribution in [3.8, 4) is 0 Å². The number of ether oxygens (including phenoxy) is 1. The van der Waals surface area contributed by atoms with Crippen molar-refractivity contribution >= 4 is 11.9 Å². The van der Waals surface area contributed by atoms with Crippen molar-refractivity contribution in [3.63, 3.8) is 0 Å². The molecule has 0 aliphatic rings. The molecule has 182 valence electrons. The highest BCUT2D eigenvalue weighted by Gasteiger charge is 2.15. The molecule has 3 nitrogen and oxygen atoms in total. The van der Waals surface area contributed by atoms with Crippen LogP contribution in [0.5, 0.6) is 0 Å². The molecule has 2 unspecified atom stereocenters. The van der Waals surface area contributed by atoms with Crippen LogP contribution >= 0.6 is 0 Å². The summed E-state index contributed by atoms with van der Waals surface area (Å²) in [6.45, 7) is 18.3. The zero-order valence-electron chi connectivity index (χ0n) is 22.0. The minimum Gasteiger partial charge on any atom is -0.393 e. The van der Waals surface area contributed by atoms with E-state index in [-0.39, 0.29) is 11.9 Å². The minimum atomic E-state index is -0.379. The lowest BCUT2D eigenvalue weighted by Gasteiger charge is -2.23. The Balaban J connectivity index is 3.69. The first-order valence-electron chi connectivity index (χ1n) is 12.7. The van der Waals surface area contributed by atoms with E-state index in [1.165, 1.54) is 25.7 Å². The lowest BCUT2D eigenvalue weighted by atomic mass is 9.83. The van der Waals surface area contributed by atoms with Crippen molar-refractivity contribution < 1.29 is 14.3 Å². The van der Waals surface area contributed by atoms with Gasteiger partial charge in [-0.2, -0.15) is 0 Å². The van der Waals surface area contributed by atoms with Gasteiger partial charge in [-0.1, -0.05) is 93.2 Å². The maximum Gasteiger partial charge on any atom is 0.313 e. The normalized spacial score (nSPS) is 14.6. The molecule has 0 saturated heterocycles. The summed E-state index contributed by atoms with van der Waals surface area (Å²) >= 11 is 0. The minimum absolute atomic E-state index is 0.319. The highest BCUT2D eigenvalue weighted by atomic mass is 16.6. The Kier molecular flexibility index (Phi) is 15.1. The highest BCUT2D eigenvalue weighted by Crippen LogP contribution is 2.27. The van der Waals surface area contributed by atoms with Crippen molar-refractivity contribution in [1.82, 2.24) is 0 Å². The van der Waals surface area contributed by atoms with E-state index in [0.717, 1.165) is 44.4 Å². The molecule has 3 heteroatoms. The Labute approximate surface area is 193 Å². The van der Waals surface area contributed by atoms with Gasteiger partial charge in [0.2, 0.25) is 0 Å². The molecule has 31 heavy (non-hydrogen) atoms. The van der Waals surface area contributed by atoms with Crippen LogP contribution < -0.4 is 0 Å². The van der Waals surface area contributed by atoms with Crippen molar-refractivity contribution in [3.05, 3.63) is 12.2 Å². The number of rotatable bonds is 15. The summed E-state index contributed by atoms with van der Waals surface area (Å²) in [5.41, 5.74) is 0.769. The lowest BCUT2D eigenvalue weighted by Crippen LogP contribution is -2.12. The number of carbonyl (C=O) groups excluding carboxylic acids is 2. The molecular formula is C28H52O3. The van der Waals surface area contributed by atoms with E-state index >= 15 is 0 Å². The maximum atomic E-state index is 11.8. The Hall–Kier alpha value is -1.12. The van der Waals surface area contributed by atoms with Gasteiger partial charge in [-0.05, 0) is 61.2 Å². The van der Waals surface area contributed by atoms with Gasteiger partial charge in [-0.3, -0.25) is 9.59 Å². The van der Waals surface area contributed by atoms with Crippen LogP contribution in [0.15, 0.2) is 12.2 Å². The average Bonchev–Trinajstić information content (AvgIpc) is 2.57. The number of hydrogen-bond donors (Lipinski definition) is 0. The first kappa shape index (κ1) is 29.9. The summed E-state index contributed by atoms with van der Waals surface area (Å²) in [4.78, 5) is 23.6. The molecule has 0 fully saturated rings. The summed E-state index contributed by atoms with van der Waals surface area (Å²) in [6, 6.07) is 0. The monoisotopic (exact) mass is 436 g/mol. The number of unbranched alkanes of at least 4 members (excludes halogenated alkanes) is 4. The molecule has 0 bridgehead atoms.